The molecule has 2 aromatic rings. The summed E-state index contributed by atoms with van der Waals surface area (Å²) in [4.78, 5) is 25.2. The monoisotopic (exact) mass is 472 g/mol. The topological polar surface area (TPSA) is 102 Å². The van der Waals surface area contributed by atoms with Crippen molar-refractivity contribution >= 4 is 26.7 Å². The van der Waals surface area contributed by atoms with Crippen LogP contribution < -0.4 is 14.8 Å². The van der Waals surface area contributed by atoms with Gasteiger partial charge in [0.15, 0.2) is 11.5 Å². The van der Waals surface area contributed by atoms with Crippen LogP contribution in [0.3, 0.4) is 0 Å². The zero-order valence-electron chi connectivity index (χ0n) is 19.4. The number of hydrogen-bond acceptors (Lipinski definition) is 6. The predicted octanol–water partition coefficient (Wildman–Crippen LogP) is 2.93. The molecule has 0 aromatic heterocycles. The molecule has 2 aromatic carbocycles. The van der Waals surface area contributed by atoms with E-state index in [0.717, 1.165) is 16.7 Å². The Morgan fingerprint density at radius 2 is 1.76 bits per heavy atom. The molecule has 9 heteroatoms. The number of sulfonamides is 1. The number of carbonyl (C=O) groups excluding carboxylic acids is 2. The third kappa shape index (κ3) is 4.88. The molecular weight excluding hydrogens is 444 g/mol. The van der Waals surface area contributed by atoms with Gasteiger partial charge in [0.05, 0.1) is 13.7 Å². The number of hydrogen-bond donors (Lipinski definition) is 1. The van der Waals surface area contributed by atoms with Gasteiger partial charge in [0.2, 0.25) is 5.91 Å². The Kier molecular flexibility index (Phi) is 7.12. The number of methoxy groups -OCH3 is 1. The summed E-state index contributed by atoms with van der Waals surface area (Å²) in [5, 5.41) is 2.66. The smallest absolute Gasteiger partial charge is 0.268 e. The van der Waals surface area contributed by atoms with Gasteiger partial charge in [0, 0.05) is 12.1 Å². The van der Waals surface area contributed by atoms with Crippen LogP contribution in [-0.4, -0.2) is 44.8 Å². The molecule has 0 fully saturated rings. The SMILES string of the molecule is CCOc1ccc(CNC(=O)CN2C(=O)C(C)=C(c3ccc(C)c(C)c3)S2(=O)=O)cc1OC. The highest BCUT2D eigenvalue weighted by atomic mass is 32.2. The first-order valence-corrected chi connectivity index (χ1v) is 12.0. The summed E-state index contributed by atoms with van der Waals surface area (Å²) in [6.45, 7) is 7.16. The molecule has 33 heavy (non-hydrogen) atoms. The van der Waals surface area contributed by atoms with Crippen molar-refractivity contribution < 1.29 is 27.5 Å². The van der Waals surface area contributed by atoms with Gasteiger partial charge in [-0.2, -0.15) is 0 Å². The Hall–Kier alpha value is -3.33. The molecule has 0 atom stereocenters. The molecule has 0 aliphatic carbocycles. The lowest BCUT2D eigenvalue weighted by atomic mass is 10.0. The maximum absolute atomic E-state index is 13.1. The Labute approximate surface area is 194 Å². The van der Waals surface area contributed by atoms with Crippen LogP contribution in [0.1, 0.15) is 36.1 Å². The largest absolute Gasteiger partial charge is 0.493 e. The molecule has 1 aliphatic heterocycles. The summed E-state index contributed by atoms with van der Waals surface area (Å²) in [5.74, 6) is -0.168. The number of nitrogens with zero attached hydrogens (tertiary/aromatic N) is 1. The van der Waals surface area contributed by atoms with E-state index in [4.69, 9.17) is 9.47 Å². The molecule has 1 N–H and O–H groups in total. The van der Waals surface area contributed by atoms with Gasteiger partial charge in [0.1, 0.15) is 11.4 Å². The van der Waals surface area contributed by atoms with Gasteiger partial charge in [-0.1, -0.05) is 24.3 Å². The van der Waals surface area contributed by atoms with E-state index in [9.17, 15) is 18.0 Å². The van der Waals surface area contributed by atoms with Crippen molar-refractivity contribution in [1.82, 2.24) is 9.62 Å². The van der Waals surface area contributed by atoms with Crippen molar-refractivity contribution in [2.75, 3.05) is 20.3 Å². The number of ether oxygens (including phenoxy) is 2. The average molecular weight is 473 g/mol. The minimum Gasteiger partial charge on any atom is -0.493 e. The number of carbonyl (C=O) groups is 2. The summed E-state index contributed by atoms with van der Waals surface area (Å²) < 4.78 is 37.7. The molecule has 0 spiro atoms. The van der Waals surface area contributed by atoms with E-state index in [1.807, 2.05) is 26.8 Å². The molecular formula is C24H28N2O6S. The van der Waals surface area contributed by atoms with Crippen molar-refractivity contribution in [1.29, 1.82) is 0 Å². The Balaban J connectivity index is 1.73. The zero-order chi connectivity index (χ0) is 24.3. The Morgan fingerprint density at radius 1 is 1.03 bits per heavy atom. The van der Waals surface area contributed by atoms with Crippen LogP contribution in [0.25, 0.3) is 4.91 Å². The normalized spacial score (nSPS) is 15.1. The standard InChI is InChI=1S/C24H28N2O6S/c1-6-32-20-10-8-18(12-21(20)31-5)13-25-22(27)14-26-24(28)17(4)23(33(26,29)30)19-9-7-15(2)16(3)11-19/h7-12H,6,13-14H2,1-5H3,(H,25,27). The Bertz CT molecular complexity index is 1230. The predicted molar refractivity (Wildman–Crippen MR) is 125 cm³/mol. The molecule has 3 rings (SSSR count). The van der Waals surface area contributed by atoms with Crippen molar-refractivity contribution in [3.63, 3.8) is 0 Å². The van der Waals surface area contributed by atoms with E-state index in [0.29, 0.717) is 28.0 Å². The highest BCUT2D eigenvalue weighted by Crippen LogP contribution is 2.36. The zero-order valence-corrected chi connectivity index (χ0v) is 20.2. The average Bonchev–Trinajstić information content (AvgIpc) is 2.94. The van der Waals surface area contributed by atoms with E-state index < -0.39 is 28.4 Å². The first-order chi connectivity index (χ1) is 15.6. The quantitative estimate of drug-likeness (QED) is 0.634. The van der Waals surface area contributed by atoms with Gasteiger partial charge in [-0.25, -0.2) is 12.7 Å². The second-order valence-corrected chi connectivity index (χ2v) is 9.56. The van der Waals surface area contributed by atoms with Crippen LogP contribution in [0.2, 0.25) is 0 Å². The molecule has 1 aliphatic rings. The van der Waals surface area contributed by atoms with Crippen LogP contribution in [-0.2, 0) is 26.2 Å². The second-order valence-electron chi connectivity index (χ2n) is 7.76. The van der Waals surface area contributed by atoms with Gasteiger partial charge < -0.3 is 14.8 Å². The first-order valence-electron chi connectivity index (χ1n) is 10.5. The van der Waals surface area contributed by atoms with E-state index in [-0.39, 0.29) is 17.0 Å². The molecule has 176 valence electrons. The van der Waals surface area contributed by atoms with Gasteiger partial charge >= 0.3 is 0 Å². The maximum atomic E-state index is 13.1. The van der Waals surface area contributed by atoms with Crippen molar-refractivity contribution in [3.8, 4) is 11.5 Å². The molecule has 0 saturated carbocycles. The molecule has 0 radical (unpaired) electrons. The summed E-state index contributed by atoms with van der Waals surface area (Å²) in [6.07, 6.45) is 0. The third-order valence-corrected chi connectivity index (χ3v) is 7.44. The van der Waals surface area contributed by atoms with Crippen LogP contribution >= 0.6 is 0 Å². The van der Waals surface area contributed by atoms with E-state index in [1.165, 1.54) is 14.0 Å². The van der Waals surface area contributed by atoms with Gasteiger partial charge in [0.25, 0.3) is 15.9 Å². The first kappa shape index (κ1) is 24.3. The summed E-state index contributed by atoms with van der Waals surface area (Å²) in [5.41, 5.74) is 3.21. The lowest BCUT2D eigenvalue weighted by Gasteiger charge is -2.17. The van der Waals surface area contributed by atoms with E-state index in [2.05, 4.69) is 5.32 Å². The summed E-state index contributed by atoms with van der Waals surface area (Å²) in [6, 6.07) is 10.5. The molecule has 0 bridgehead atoms. The van der Waals surface area contributed by atoms with Crippen LogP contribution in [0.15, 0.2) is 42.0 Å². The number of benzene rings is 2. The fraction of sp³-hybridized carbons (Fsp3) is 0.333. The lowest BCUT2D eigenvalue weighted by molar-refractivity contribution is -0.128. The minimum absolute atomic E-state index is 0.0559. The van der Waals surface area contributed by atoms with Gasteiger partial charge in [-0.3, -0.25) is 9.59 Å². The number of nitrogens with one attached hydrogen (secondary N) is 1. The van der Waals surface area contributed by atoms with Crippen LogP contribution in [0, 0.1) is 13.8 Å². The van der Waals surface area contributed by atoms with E-state index >= 15 is 0 Å². The highest BCUT2D eigenvalue weighted by molar-refractivity contribution is 7.99. The van der Waals surface area contributed by atoms with Gasteiger partial charge in [-0.05, 0) is 62.1 Å². The number of rotatable bonds is 8. The minimum atomic E-state index is -4.14. The summed E-state index contributed by atoms with van der Waals surface area (Å²) >= 11 is 0. The Morgan fingerprint density at radius 3 is 2.39 bits per heavy atom. The van der Waals surface area contributed by atoms with Crippen LogP contribution in [0.5, 0.6) is 11.5 Å². The van der Waals surface area contributed by atoms with Gasteiger partial charge in [-0.15, -0.1) is 0 Å². The maximum Gasteiger partial charge on any atom is 0.268 e. The molecule has 1 heterocycles. The molecule has 8 nitrogen and oxygen atoms in total. The second kappa shape index (κ2) is 9.66. The summed E-state index contributed by atoms with van der Waals surface area (Å²) in [7, 11) is -2.62. The fourth-order valence-corrected chi connectivity index (χ4v) is 5.35. The number of aryl methyl sites for hydroxylation is 2. The van der Waals surface area contributed by atoms with Crippen molar-refractivity contribution in [2.24, 2.45) is 0 Å². The van der Waals surface area contributed by atoms with Crippen molar-refractivity contribution in [2.45, 2.75) is 34.2 Å². The number of amides is 2. The molecule has 0 unspecified atom stereocenters. The molecule has 0 saturated heterocycles. The highest BCUT2D eigenvalue weighted by Gasteiger charge is 2.43. The lowest BCUT2D eigenvalue weighted by Crippen LogP contribution is -2.40. The van der Waals surface area contributed by atoms with Crippen molar-refractivity contribution in [3.05, 3.63) is 64.2 Å². The third-order valence-electron chi connectivity index (χ3n) is 5.51. The van der Waals surface area contributed by atoms with E-state index in [1.54, 1.807) is 30.3 Å². The fourth-order valence-electron chi connectivity index (χ4n) is 3.59. The molecule has 2 amide bonds. The van der Waals surface area contributed by atoms with Crippen LogP contribution in [0.4, 0.5) is 0 Å².